The molecule has 1 heterocycles. The fourth-order valence-electron chi connectivity index (χ4n) is 1.91. The number of likely N-dealkylation sites (N-methyl/N-ethyl adjacent to an activating group) is 1. The van der Waals surface area contributed by atoms with Gasteiger partial charge in [0.2, 0.25) is 10.0 Å². The van der Waals surface area contributed by atoms with E-state index in [0.717, 1.165) is 32.5 Å². The largest absolute Gasteiger partial charge is 0.329 e. The number of sulfonamides is 1. The predicted octanol–water partition coefficient (Wildman–Crippen LogP) is -0.651. The summed E-state index contributed by atoms with van der Waals surface area (Å²) in [6, 6.07) is 0.0650. The van der Waals surface area contributed by atoms with Gasteiger partial charge in [-0.2, -0.15) is 0 Å². The summed E-state index contributed by atoms with van der Waals surface area (Å²) < 4.78 is 25.7. The van der Waals surface area contributed by atoms with Crippen molar-refractivity contribution in [2.75, 3.05) is 31.9 Å². The Morgan fingerprint density at radius 3 is 2.87 bits per heavy atom. The second-order valence-corrected chi connectivity index (χ2v) is 5.83. The highest BCUT2D eigenvalue weighted by Crippen LogP contribution is 2.10. The summed E-state index contributed by atoms with van der Waals surface area (Å²) in [5, 5.41) is 0. The van der Waals surface area contributed by atoms with Crippen molar-refractivity contribution in [1.29, 1.82) is 0 Å². The van der Waals surface area contributed by atoms with Crippen LogP contribution >= 0.6 is 0 Å². The fourth-order valence-corrected chi connectivity index (χ4v) is 3.04. The van der Waals surface area contributed by atoms with Crippen LogP contribution in [0, 0.1) is 0 Å². The number of nitrogens with one attached hydrogen (secondary N) is 1. The fraction of sp³-hybridized carbons (Fsp3) is 1.00. The van der Waals surface area contributed by atoms with Crippen molar-refractivity contribution in [2.45, 2.75) is 25.8 Å². The first-order valence-corrected chi connectivity index (χ1v) is 7.15. The quantitative estimate of drug-likeness (QED) is 0.664. The van der Waals surface area contributed by atoms with Crippen molar-refractivity contribution in [2.24, 2.45) is 5.73 Å². The molecule has 1 saturated heterocycles. The van der Waals surface area contributed by atoms with Crippen LogP contribution in [0.5, 0.6) is 0 Å². The van der Waals surface area contributed by atoms with Gasteiger partial charge in [-0.05, 0) is 25.9 Å². The highest BCUT2D eigenvalue weighted by atomic mass is 32.2. The SMILES string of the molecule is CCN1CCCC(NS(=O)(=O)CCN)C1. The van der Waals surface area contributed by atoms with Gasteiger partial charge in [0.05, 0.1) is 5.75 Å². The van der Waals surface area contributed by atoms with E-state index in [9.17, 15) is 8.42 Å². The van der Waals surface area contributed by atoms with Gasteiger partial charge >= 0.3 is 0 Å². The van der Waals surface area contributed by atoms with Gasteiger partial charge < -0.3 is 10.6 Å². The first-order chi connectivity index (χ1) is 7.07. The molecule has 1 fully saturated rings. The molecule has 0 aromatic heterocycles. The first-order valence-electron chi connectivity index (χ1n) is 5.50. The van der Waals surface area contributed by atoms with E-state index >= 15 is 0 Å². The maximum Gasteiger partial charge on any atom is 0.213 e. The molecule has 0 spiro atoms. The molecular weight excluding hydrogens is 214 g/mol. The van der Waals surface area contributed by atoms with E-state index in [1.54, 1.807) is 0 Å². The van der Waals surface area contributed by atoms with Gasteiger partial charge in [0.25, 0.3) is 0 Å². The lowest BCUT2D eigenvalue weighted by molar-refractivity contribution is 0.211. The van der Waals surface area contributed by atoms with Gasteiger partial charge in [0, 0.05) is 19.1 Å². The zero-order valence-corrected chi connectivity index (χ0v) is 10.1. The second kappa shape index (κ2) is 5.79. The molecule has 5 nitrogen and oxygen atoms in total. The van der Waals surface area contributed by atoms with Crippen molar-refractivity contribution < 1.29 is 8.42 Å². The molecule has 0 radical (unpaired) electrons. The molecule has 1 atom stereocenters. The second-order valence-electron chi connectivity index (χ2n) is 3.96. The summed E-state index contributed by atoms with van der Waals surface area (Å²) in [7, 11) is -3.16. The van der Waals surface area contributed by atoms with Crippen molar-refractivity contribution in [3.8, 4) is 0 Å². The number of nitrogens with two attached hydrogens (primary N) is 1. The van der Waals surface area contributed by atoms with Crippen LogP contribution in [-0.4, -0.2) is 51.3 Å². The molecule has 0 amide bonds. The van der Waals surface area contributed by atoms with Crippen LogP contribution in [0.3, 0.4) is 0 Å². The lowest BCUT2D eigenvalue weighted by Crippen LogP contribution is -2.48. The number of hydrogen-bond acceptors (Lipinski definition) is 4. The van der Waals surface area contributed by atoms with Crippen molar-refractivity contribution in [1.82, 2.24) is 9.62 Å². The average molecular weight is 235 g/mol. The van der Waals surface area contributed by atoms with Crippen LogP contribution in [0.2, 0.25) is 0 Å². The van der Waals surface area contributed by atoms with E-state index < -0.39 is 10.0 Å². The Morgan fingerprint density at radius 2 is 2.27 bits per heavy atom. The minimum Gasteiger partial charge on any atom is -0.329 e. The third-order valence-electron chi connectivity index (χ3n) is 2.69. The topological polar surface area (TPSA) is 75.4 Å². The smallest absolute Gasteiger partial charge is 0.213 e. The number of rotatable bonds is 5. The van der Waals surface area contributed by atoms with Crippen LogP contribution < -0.4 is 10.5 Å². The molecule has 0 saturated carbocycles. The molecule has 90 valence electrons. The van der Waals surface area contributed by atoms with Crippen LogP contribution in [-0.2, 0) is 10.0 Å². The standard InChI is InChI=1S/C9H21N3O2S/c1-2-12-6-3-4-9(8-12)11-15(13,14)7-5-10/h9,11H,2-8,10H2,1H3. The molecular formula is C9H21N3O2S. The summed E-state index contributed by atoms with van der Waals surface area (Å²) in [6.45, 7) is 5.15. The molecule has 15 heavy (non-hydrogen) atoms. The first kappa shape index (κ1) is 12.9. The lowest BCUT2D eigenvalue weighted by atomic mass is 10.1. The number of nitrogens with zero attached hydrogens (tertiary/aromatic N) is 1. The van der Waals surface area contributed by atoms with Crippen LogP contribution in [0.15, 0.2) is 0 Å². The van der Waals surface area contributed by atoms with Crippen LogP contribution in [0.1, 0.15) is 19.8 Å². The Balaban J connectivity index is 2.44. The Hall–Kier alpha value is -0.170. The monoisotopic (exact) mass is 235 g/mol. The van der Waals surface area contributed by atoms with E-state index in [2.05, 4.69) is 16.5 Å². The van der Waals surface area contributed by atoms with Gasteiger partial charge in [0.1, 0.15) is 0 Å². The molecule has 1 aliphatic rings. The Morgan fingerprint density at radius 1 is 1.53 bits per heavy atom. The van der Waals surface area contributed by atoms with Crippen molar-refractivity contribution >= 4 is 10.0 Å². The molecule has 0 aliphatic carbocycles. The van der Waals surface area contributed by atoms with Gasteiger partial charge in [0.15, 0.2) is 0 Å². The number of likely N-dealkylation sites (tertiary alicyclic amines) is 1. The van der Waals surface area contributed by atoms with Crippen LogP contribution in [0.25, 0.3) is 0 Å². The third-order valence-corrected chi connectivity index (χ3v) is 4.15. The van der Waals surface area contributed by atoms with E-state index in [1.807, 2.05) is 0 Å². The number of piperidine rings is 1. The molecule has 6 heteroatoms. The molecule has 1 rings (SSSR count). The van der Waals surface area contributed by atoms with Crippen LogP contribution in [0.4, 0.5) is 0 Å². The average Bonchev–Trinajstić information content (AvgIpc) is 2.17. The van der Waals surface area contributed by atoms with Gasteiger partial charge in [-0.15, -0.1) is 0 Å². The van der Waals surface area contributed by atoms with E-state index in [0.29, 0.717) is 0 Å². The summed E-state index contributed by atoms with van der Waals surface area (Å²) in [5.41, 5.74) is 5.24. The van der Waals surface area contributed by atoms with Crippen molar-refractivity contribution in [3.63, 3.8) is 0 Å². The highest BCUT2D eigenvalue weighted by Gasteiger charge is 2.22. The molecule has 1 unspecified atom stereocenters. The predicted molar refractivity (Wildman–Crippen MR) is 61.1 cm³/mol. The Labute approximate surface area is 92.1 Å². The van der Waals surface area contributed by atoms with Gasteiger partial charge in [-0.3, -0.25) is 0 Å². The molecule has 1 aliphatic heterocycles. The van der Waals surface area contributed by atoms with Gasteiger partial charge in [-0.25, -0.2) is 13.1 Å². The summed E-state index contributed by atoms with van der Waals surface area (Å²) in [6.07, 6.45) is 1.99. The summed E-state index contributed by atoms with van der Waals surface area (Å²) in [4.78, 5) is 2.26. The Kier molecular flexibility index (Phi) is 4.98. The third kappa shape index (κ3) is 4.46. The zero-order chi connectivity index (χ0) is 11.3. The molecule has 0 aromatic carbocycles. The maximum atomic E-state index is 11.5. The normalized spacial score (nSPS) is 24.3. The minimum absolute atomic E-state index is 0.0234. The summed E-state index contributed by atoms with van der Waals surface area (Å²) in [5.74, 6) is 0.0234. The molecule has 3 N–H and O–H groups in total. The maximum absolute atomic E-state index is 11.5. The van der Waals surface area contributed by atoms with E-state index in [4.69, 9.17) is 5.73 Å². The Bertz CT molecular complexity index is 279. The zero-order valence-electron chi connectivity index (χ0n) is 9.28. The van der Waals surface area contributed by atoms with E-state index in [1.165, 1.54) is 0 Å². The highest BCUT2D eigenvalue weighted by molar-refractivity contribution is 7.89. The molecule has 0 aromatic rings. The number of hydrogen-bond donors (Lipinski definition) is 2. The minimum atomic E-state index is -3.16. The summed E-state index contributed by atoms with van der Waals surface area (Å²) >= 11 is 0. The van der Waals surface area contributed by atoms with Gasteiger partial charge in [-0.1, -0.05) is 6.92 Å². The van der Waals surface area contributed by atoms with E-state index in [-0.39, 0.29) is 18.3 Å². The molecule has 0 bridgehead atoms. The lowest BCUT2D eigenvalue weighted by Gasteiger charge is -2.31. The van der Waals surface area contributed by atoms with Crippen molar-refractivity contribution in [3.05, 3.63) is 0 Å².